The largest absolute Gasteiger partial charge is 0.333 e. The summed E-state index contributed by atoms with van der Waals surface area (Å²) in [6.45, 7) is 4.73. The third kappa shape index (κ3) is 3.02. The number of anilines is 2. The summed E-state index contributed by atoms with van der Waals surface area (Å²) in [5.74, 6) is 1.58. The molecule has 2 aliphatic carbocycles. The fraction of sp³-hybridized carbons (Fsp3) is 0.455. The Balaban J connectivity index is 1.53. The molecule has 0 atom stereocenters. The van der Waals surface area contributed by atoms with Crippen molar-refractivity contribution in [3.05, 3.63) is 28.5 Å². The molecule has 4 aromatic heterocycles. The molecule has 0 bridgehead atoms. The first-order chi connectivity index (χ1) is 15.0. The lowest BCUT2D eigenvalue weighted by Crippen LogP contribution is -2.36. The van der Waals surface area contributed by atoms with E-state index in [1.54, 1.807) is 17.7 Å². The van der Waals surface area contributed by atoms with Crippen molar-refractivity contribution in [2.75, 3.05) is 5.32 Å². The second-order valence-corrected chi connectivity index (χ2v) is 9.64. The molecule has 2 saturated carbocycles. The van der Waals surface area contributed by atoms with Crippen molar-refractivity contribution < 1.29 is 4.79 Å². The minimum atomic E-state index is 0.143. The summed E-state index contributed by atoms with van der Waals surface area (Å²) >= 11 is 1.59. The van der Waals surface area contributed by atoms with Gasteiger partial charge in [0.25, 0.3) is 5.91 Å². The standard InChI is InChI=1S/C22H25N7OS/c1-4-28-16(22(30)29(13-5-6-13)14-7-8-14)9-15-19-18(23-11-27(19)3)20(26-21(15)28)25-17-10-31-12(2)24-17/h9-11,13-14H,4-8H2,1-3H3,(H,25,26). The third-order valence-corrected chi connectivity index (χ3v) is 6.99. The van der Waals surface area contributed by atoms with Gasteiger partial charge in [0.1, 0.15) is 22.7 Å². The summed E-state index contributed by atoms with van der Waals surface area (Å²) in [6, 6.07) is 2.85. The van der Waals surface area contributed by atoms with Crippen molar-refractivity contribution in [3.8, 4) is 0 Å². The number of carbonyl (C=O) groups is 1. The van der Waals surface area contributed by atoms with Gasteiger partial charge in [-0.3, -0.25) is 4.79 Å². The normalized spacial score (nSPS) is 16.4. The lowest BCUT2D eigenvalue weighted by atomic mass is 10.2. The van der Waals surface area contributed by atoms with Crippen LogP contribution in [-0.2, 0) is 13.6 Å². The summed E-state index contributed by atoms with van der Waals surface area (Å²) in [7, 11) is 1.98. The lowest BCUT2D eigenvalue weighted by Gasteiger charge is -2.22. The van der Waals surface area contributed by atoms with E-state index < -0.39 is 0 Å². The number of pyridine rings is 1. The highest BCUT2D eigenvalue weighted by Gasteiger charge is 2.43. The summed E-state index contributed by atoms with van der Waals surface area (Å²) in [5, 5.41) is 7.28. The SMILES string of the molecule is CCn1c(C(=O)N(C2CC2)C2CC2)cc2c3c(ncn3C)c(Nc3csc(C)n3)nc21. The number of carbonyl (C=O) groups excluding carboxylic acids is 1. The van der Waals surface area contributed by atoms with Gasteiger partial charge in [-0.15, -0.1) is 11.3 Å². The van der Waals surface area contributed by atoms with Crippen molar-refractivity contribution in [2.45, 2.75) is 58.2 Å². The summed E-state index contributed by atoms with van der Waals surface area (Å²) in [4.78, 5) is 29.8. The molecule has 4 heterocycles. The lowest BCUT2D eigenvalue weighted by molar-refractivity contribution is 0.0719. The molecule has 0 aliphatic heterocycles. The maximum absolute atomic E-state index is 13.6. The van der Waals surface area contributed by atoms with Crippen molar-refractivity contribution in [1.29, 1.82) is 0 Å². The summed E-state index contributed by atoms with van der Waals surface area (Å²) in [6.07, 6.45) is 6.30. The average Bonchev–Trinajstić information content (AvgIpc) is 3.66. The van der Waals surface area contributed by atoms with Gasteiger partial charge in [0.2, 0.25) is 0 Å². The zero-order valence-corrected chi connectivity index (χ0v) is 18.7. The maximum Gasteiger partial charge on any atom is 0.271 e. The number of hydrogen-bond acceptors (Lipinski definition) is 6. The van der Waals surface area contributed by atoms with E-state index in [2.05, 4.69) is 31.7 Å². The molecular weight excluding hydrogens is 410 g/mol. The fourth-order valence-corrected chi connectivity index (χ4v) is 5.05. The molecule has 6 rings (SSSR count). The average molecular weight is 436 g/mol. The number of amides is 1. The Morgan fingerprint density at radius 1 is 1.26 bits per heavy atom. The number of rotatable bonds is 6. The van der Waals surface area contributed by atoms with Gasteiger partial charge >= 0.3 is 0 Å². The minimum absolute atomic E-state index is 0.143. The molecule has 0 spiro atoms. The first-order valence-electron chi connectivity index (χ1n) is 10.9. The fourth-order valence-electron chi connectivity index (χ4n) is 4.51. The van der Waals surface area contributed by atoms with Crippen LogP contribution in [-0.4, -0.2) is 47.0 Å². The van der Waals surface area contributed by atoms with Crippen LogP contribution in [0.15, 0.2) is 17.8 Å². The Labute approximate surface area is 183 Å². The van der Waals surface area contributed by atoms with Crippen LogP contribution in [0.3, 0.4) is 0 Å². The van der Waals surface area contributed by atoms with Crippen LogP contribution in [0, 0.1) is 6.92 Å². The van der Waals surface area contributed by atoms with Gasteiger partial charge in [-0.1, -0.05) is 0 Å². The van der Waals surface area contributed by atoms with Crippen LogP contribution >= 0.6 is 11.3 Å². The molecule has 31 heavy (non-hydrogen) atoms. The highest BCUT2D eigenvalue weighted by molar-refractivity contribution is 7.09. The predicted octanol–water partition coefficient (Wildman–Crippen LogP) is 4.22. The molecular formula is C22H25N7OS. The highest BCUT2D eigenvalue weighted by atomic mass is 32.1. The number of aromatic nitrogens is 5. The molecule has 1 amide bonds. The molecule has 160 valence electrons. The number of thiazole rings is 1. The van der Waals surface area contributed by atoms with Crippen molar-refractivity contribution in [3.63, 3.8) is 0 Å². The van der Waals surface area contributed by atoms with E-state index in [4.69, 9.17) is 4.98 Å². The Morgan fingerprint density at radius 3 is 2.61 bits per heavy atom. The van der Waals surface area contributed by atoms with Gasteiger partial charge in [-0.25, -0.2) is 15.0 Å². The Kier molecular flexibility index (Phi) is 4.11. The van der Waals surface area contributed by atoms with Crippen LogP contribution in [0.5, 0.6) is 0 Å². The second-order valence-electron chi connectivity index (χ2n) is 8.58. The van der Waals surface area contributed by atoms with Gasteiger partial charge in [0.15, 0.2) is 5.82 Å². The number of fused-ring (bicyclic) bond motifs is 3. The van der Waals surface area contributed by atoms with Gasteiger partial charge in [-0.05, 0) is 45.6 Å². The molecule has 2 fully saturated rings. The van der Waals surface area contributed by atoms with Gasteiger partial charge in [-0.2, -0.15) is 0 Å². The van der Waals surface area contributed by atoms with E-state index in [0.717, 1.165) is 64.3 Å². The molecule has 0 radical (unpaired) electrons. The van der Waals surface area contributed by atoms with Gasteiger partial charge < -0.3 is 19.4 Å². The second kappa shape index (κ2) is 6.78. The molecule has 1 N–H and O–H groups in total. The highest BCUT2D eigenvalue weighted by Crippen LogP contribution is 2.39. The Bertz CT molecular complexity index is 1310. The van der Waals surface area contributed by atoms with Crippen molar-refractivity contribution in [1.82, 2.24) is 29.0 Å². The van der Waals surface area contributed by atoms with E-state index >= 15 is 0 Å². The minimum Gasteiger partial charge on any atom is -0.333 e. The number of aryl methyl sites for hydroxylation is 3. The maximum atomic E-state index is 13.6. The monoisotopic (exact) mass is 435 g/mol. The van der Waals surface area contributed by atoms with Gasteiger partial charge in [0, 0.05) is 36.4 Å². The van der Waals surface area contributed by atoms with Crippen LogP contribution in [0.25, 0.3) is 22.1 Å². The predicted molar refractivity (Wildman–Crippen MR) is 122 cm³/mol. The van der Waals surface area contributed by atoms with Crippen LogP contribution in [0.1, 0.15) is 48.1 Å². The molecule has 0 unspecified atom stereocenters. The molecule has 9 heteroatoms. The summed E-state index contributed by atoms with van der Waals surface area (Å²) < 4.78 is 4.06. The molecule has 2 aliphatic rings. The molecule has 8 nitrogen and oxygen atoms in total. The number of hydrogen-bond donors (Lipinski definition) is 1. The van der Waals surface area contributed by atoms with Crippen LogP contribution in [0.4, 0.5) is 11.6 Å². The van der Waals surface area contributed by atoms with Crippen LogP contribution < -0.4 is 5.32 Å². The third-order valence-electron chi connectivity index (χ3n) is 6.22. The number of nitrogens with zero attached hydrogens (tertiary/aromatic N) is 6. The summed E-state index contributed by atoms with van der Waals surface area (Å²) in [5.41, 5.74) is 3.30. The first-order valence-corrected chi connectivity index (χ1v) is 11.8. The van der Waals surface area contributed by atoms with E-state index in [9.17, 15) is 4.79 Å². The van der Waals surface area contributed by atoms with Gasteiger partial charge in [0.05, 0.1) is 16.9 Å². The van der Waals surface area contributed by atoms with Crippen LogP contribution in [0.2, 0.25) is 0 Å². The number of imidazole rings is 1. The van der Waals surface area contributed by atoms with Crippen molar-refractivity contribution in [2.24, 2.45) is 7.05 Å². The Hall–Kier alpha value is -2.94. The zero-order chi connectivity index (χ0) is 21.3. The quantitative estimate of drug-likeness (QED) is 0.490. The van der Waals surface area contributed by atoms with E-state index in [-0.39, 0.29) is 5.91 Å². The number of nitrogens with one attached hydrogen (secondary N) is 1. The van der Waals surface area contributed by atoms with E-state index in [1.165, 1.54) is 0 Å². The van der Waals surface area contributed by atoms with E-state index in [1.807, 2.05) is 30.0 Å². The van der Waals surface area contributed by atoms with E-state index in [0.29, 0.717) is 24.4 Å². The smallest absolute Gasteiger partial charge is 0.271 e. The topological polar surface area (TPSA) is 80.9 Å². The Morgan fingerprint density at radius 2 is 2.00 bits per heavy atom. The molecule has 4 aromatic rings. The van der Waals surface area contributed by atoms with Crippen molar-refractivity contribution >= 4 is 50.9 Å². The first kappa shape index (κ1) is 18.8. The molecule has 0 saturated heterocycles. The molecule has 0 aromatic carbocycles. The zero-order valence-electron chi connectivity index (χ0n) is 17.9.